The second kappa shape index (κ2) is 8.36. The van der Waals surface area contributed by atoms with E-state index in [4.69, 9.17) is 4.74 Å². The van der Waals surface area contributed by atoms with Gasteiger partial charge < -0.3 is 9.64 Å². The summed E-state index contributed by atoms with van der Waals surface area (Å²) in [7, 11) is 1.59. The first-order valence-corrected chi connectivity index (χ1v) is 13.4. The molecule has 3 heterocycles. The van der Waals surface area contributed by atoms with E-state index >= 15 is 0 Å². The maximum atomic E-state index is 14.6. The lowest BCUT2D eigenvalue weighted by atomic mass is 9.64. The number of hydrogen-bond donors (Lipinski definition) is 0. The van der Waals surface area contributed by atoms with E-state index in [2.05, 4.69) is 0 Å². The Labute approximate surface area is 224 Å². The van der Waals surface area contributed by atoms with E-state index in [0.29, 0.717) is 21.8 Å². The maximum absolute atomic E-state index is 14.6. The zero-order chi connectivity index (χ0) is 26.0. The van der Waals surface area contributed by atoms with Gasteiger partial charge in [0.1, 0.15) is 17.2 Å². The van der Waals surface area contributed by atoms with Gasteiger partial charge in [0.05, 0.1) is 18.0 Å². The molecule has 5 nitrogen and oxygen atoms in total. The van der Waals surface area contributed by atoms with Crippen LogP contribution in [-0.4, -0.2) is 36.5 Å². The van der Waals surface area contributed by atoms with Crippen LogP contribution >= 0.6 is 11.3 Å². The fourth-order valence-corrected chi connectivity index (χ4v) is 7.39. The van der Waals surface area contributed by atoms with Crippen LogP contribution in [0.25, 0.3) is 6.08 Å². The highest BCUT2D eigenvalue weighted by atomic mass is 32.1. The molecule has 0 unspecified atom stereocenters. The summed E-state index contributed by atoms with van der Waals surface area (Å²) in [4.78, 5) is 46.2. The van der Waals surface area contributed by atoms with Gasteiger partial charge in [0.25, 0.3) is 0 Å². The number of ketones is 3. The van der Waals surface area contributed by atoms with Crippen LogP contribution in [0.1, 0.15) is 47.4 Å². The molecule has 0 N–H and O–H groups in total. The van der Waals surface area contributed by atoms with Gasteiger partial charge in [-0.1, -0.05) is 72.8 Å². The molecule has 3 atom stereocenters. The molecule has 3 aromatic carbocycles. The van der Waals surface area contributed by atoms with Gasteiger partial charge >= 0.3 is 0 Å². The Morgan fingerprint density at radius 1 is 0.895 bits per heavy atom. The van der Waals surface area contributed by atoms with Crippen LogP contribution in [0, 0.1) is 5.41 Å². The Bertz CT molecular complexity index is 1620. The average Bonchev–Trinajstić information content (AvgIpc) is 3.66. The molecule has 38 heavy (non-hydrogen) atoms. The number of fused-ring (bicyclic) bond motifs is 5. The molecule has 1 fully saturated rings. The van der Waals surface area contributed by atoms with Crippen LogP contribution in [0.2, 0.25) is 0 Å². The molecule has 4 aromatic rings. The zero-order valence-corrected chi connectivity index (χ0v) is 21.4. The van der Waals surface area contributed by atoms with Crippen molar-refractivity contribution >= 4 is 40.4 Å². The van der Waals surface area contributed by atoms with Gasteiger partial charge in [0.15, 0.2) is 17.3 Å². The lowest BCUT2D eigenvalue weighted by molar-refractivity contribution is 0.0666. The maximum Gasteiger partial charge on any atom is 0.195 e. The van der Waals surface area contributed by atoms with Crippen molar-refractivity contribution < 1.29 is 19.1 Å². The van der Waals surface area contributed by atoms with E-state index in [9.17, 15) is 14.4 Å². The number of rotatable bonds is 4. The highest BCUT2D eigenvalue weighted by Gasteiger charge is 2.71. The van der Waals surface area contributed by atoms with Crippen molar-refractivity contribution in [1.82, 2.24) is 0 Å². The van der Waals surface area contributed by atoms with E-state index in [1.807, 2.05) is 83.1 Å². The Kier molecular flexibility index (Phi) is 5.03. The standard InChI is InChI=1S/C32H23NO4S/c1-37-21-10-6-9-20(18-21)27-28(29(34)25-14-7-17-38-25)33-24-13-5-2-8-19(24)15-16-26(33)32(27)30(35)22-11-3-4-12-23(22)31(32)36/h2-18,26-28H,1H3/t26-,27-,28+/m1/s1. The number of para-hydroxylation sites is 1. The van der Waals surface area contributed by atoms with Crippen molar-refractivity contribution in [2.45, 2.75) is 18.0 Å². The summed E-state index contributed by atoms with van der Waals surface area (Å²) < 4.78 is 5.54. The molecule has 6 heteroatoms. The summed E-state index contributed by atoms with van der Waals surface area (Å²) in [6.45, 7) is 0. The third kappa shape index (κ3) is 2.89. The average molecular weight is 518 g/mol. The molecule has 186 valence electrons. The number of methoxy groups -OCH3 is 1. The van der Waals surface area contributed by atoms with Gasteiger partial charge in [-0.05, 0) is 40.8 Å². The molecule has 7 rings (SSSR count). The van der Waals surface area contributed by atoms with Crippen LogP contribution in [0.3, 0.4) is 0 Å². The highest BCUT2D eigenvalue weighted by molar-refractivity contribution is 7.12. The number of thiophene rings is 1. The van der Waals surface area contributed by atoms with E-state index < -0.39 is 23.4 Å². The second-order valence-electron chi connectivity index (χ2n) is 9.88. The number of Topliss-reactive ketones (excluding diaryl/α,β-unsaturated/α-hetero) is 3. The Hall–Kier alpha value is -4.29. The summed E-state index contributed by atoms with van der Waals surface area (Å²) in [6, 6.07) is 24.6. The normalized spacial score (nSPS) is 22.3. The smallest absolute Gasteiger partial charge is 0.195 e. The van der Waals surface area contributed by atoms with Crippen LogP contribution in [0.4, 0.5) is 5.69 Å². The lowest BCUT2D eigenvalue weighted by Crippen LogP contribution is -2.48. The number of nitrogens with zero attached hydrogens (tertiary/aromatic N) is 1. The lowest BCUT2D eigenvalue weighted by Gasteiger charge is -2.37. The van der Waals surface area contributed by atoms with Gasteiger partial charge in [-0.2, -0.15) is 0 Å². The number of carbonyl (C=O) groups is 3. The summed E-state index contributed by atoms with van der Waals surface area (Å²) >= 11 is 1.37. The van der Waals surface area contributed by atoms with Crippen LogP contribution in [-0.2, 0) is 0 Å². The van der Waals surface area contributed by atoms with E-state index in [-0.39, 0.29) is 17.3 Å². The third-order valence-corrected chi connectivity index (χ3v) is 9.08. The molecular weight excluding hydrogens is 494 g/mol. The van der Waals surface area contributed by atoms with Gasteiger partial charge in [0, 0.05) is 22.7 Å². The quantitative estimate of drug-likeness (QED) is 0.243. The summed E-state index contributed by atoms with van der Waals surface area (Å²) in [5.41, 5.74) is 1.86. The molecule has 1 saturated heterocycles. The van der Waals surface area contributed by atoms with Crippen molar-refractivity contribution in [2.75, 3.05) is 12.0 Å². The molecule has 3 aliphatic rings. The molecule has 1 aliphatic carbocycles. The van der Waals surface area contributed by atoms with Crippen molar-refractivity contribution in [3.8, 4) is 5.75 Å². The Morgan fingerprint density at radius 2 is 1.63 bits per heavy atom. The predicted molar refractivity (Wildman–Crippen MR) is 147 cm³/mol. The number of anilines is 1. The first kappa shape index (κ1) is 22.9. The molecule has 0 amide bonds. The summed E-state index contributed by atoms with van der Waals surface area (Å²) in [5.74, 6) is -0.689. The monoisotopic (exact) mass is 517 g/mol. The fourth-order valence-electron chi connectivity index (χ4n) is 6.69. The highest BCUT2D eigenvalue weighted by Crippen LogP contribution is 2.61. The molecular formula is C32H23NO4S. The molecule has 0 saturated carbocycles. The summed E-state index contributed by atoms with van der Waals surface area (Å²) in [5, 5.41) is 1.88. The van der Waals surface area contributed by atoms with Gasteiger partial charge in [0.2, 0.25) is 0 Å². The van der Waals surface area contributed by atoms with Crippen LogP contribution < -0.4 is 9.64 Å². The largest absolute Gasteiger partial charge is 0.497 e. The first-order valence-electron chi connectivity index (χ1n) is 12.5. The number of benzene rings is 3. The minimum Gasteiger partial charge on any atom is -0.497 e. The molecule has 1 spiro atoms. The first-order chi connectivity index (χ1) is 18.6. The molecule has 2 aliphatic heterocycles. The summed E-state index contributed by atoms with van der Waals surface area (Å²) in [6.07, 6.45) is 3.92. The van der Waals surface area contributed by atoms with Gasteiger partial charge in [-0.25, -0.2) is 0 Å². The van der Waals surface area contributed by atoms with E-state index in [1.165, 1.54) is 11.3 Å². The van der Waals surface area contributed by atoms with Gasteiger partial charge in [-0.3, -0.25) is 14.4 Å². The van der Waals surface area contributed by atoms with Crippen molar-refractivity contribution in [1.29, 1.82) is 0 Å². The fraction of sp³-hybridized carbons (Fsp3) is 0.156. The Balaban J connectivity index is 1.56. The van der Waals surface area contributed by atoms with Gasteiger partial charge in [-0.15, -0.1) is 11.3 Å². The molecule has 1 aromatic heterocycles. The zero-order valence-electron chi connectivity index (χ0n) is 20.5. The second-order valence-corrected chi connectivity index (χ2v) is 10.8. The van der Waals surface area contributed by atoms with Crippen molar-refractivity contribution in [3.63, 3.8) is 0 Å². The number of hydrogen-bond acceptors (Lipinski definition) is 6. The minimum absolute atomic E-state index is 0.101. The third-order valence-electron chi connectivity index (χ3n) is 8.20. The number of ether oxygens (including phenoxy) is 1. The van der Waals surface area contributed by atoms with Crippen molar-refractivity contribution in [2.24, 2.45) is 5.41 Å². The SMILES string of the molecule is COc1cccc([C@@H]2[C@@H](C(=O)c3cccs3)N3c4ccccc4C=C[C@@H]3C23C(=O)c2ccccc2C3=O)c1. The van der Waals surface area contributed by atoms with E-state index in [0.717, 1.165) is 16.8 Å². The molecule has 0 radical (unpaired) electrons. The topological polar surface area (TPSA) is 63.7 Å². The predicted octanol–water partition coefficient (Wildman–Crippen LogP) is 6.07. The Morgan fingerprint density at radius 3 is 2.34 bits per heavy atom. The number of carbonyl (C=O) groups excluding carboxylic acids is 3. The van der Waals surface area contributed by atoms with Crippen LogP contribution in [0.5, 0.6) is 5.75 Å². The van der Waals surface area contributed by atoms with Crippen molar-refractivity contribution in [3.05, 3.63) is 124 Å². The van der Waals surface area contributed by atoms with E-state index in [1.54, 1.807) is 31.4 Å². The molecule has 0 bridgehead atoms. The van der Waals surface area contributed by atoms with Crippen LogP contribution in [0.15, 0.2) is 96.4 Å². The minimum atomic E-state index is -1.50.